The number of pyridine rings is 1. The van der Waals surface area contributed by atoms with Gasteiger partial charge in [0.05, 0.1) is 16.8 Å². The third-order valence-electron chi connectivity index (χ3n) is 5.29. The van der Waals surface area contributed by atoms with Crippen LogP contribution in [0.2, 0.25) is 0 Å². The molecule has 31 heavy (non-hydrogen) atoms. The van der Waals surface area contributed by atoms with Gasteiger partial charge in [-0.05, 0) is 42.3 Å². The summed E-state index contributed by atoms with van der Waals surface area (Å²) in [6, 6.07) is 28.5. The van der Waals surface area contributed by atoms with Crippen LogP contribution in [0.25, 0.3) is 44.6 Å². The number of fused-ring (bicyclic) bond motifs is 1. The van der Waals surface area contributed by atoms with Crippen LogP contribution in [0.5, 0.6) is 5.75 Å². The molecule has 0 saturated heterocycles. The summed E-state index contributed by atoms with van der Waals surface area (Å²) in [5.41, 5.74) is 4.67. The second-order valence-corrected chi connectivity index (χ2v) is 7.47. The lowest BCUT2D eigenvalue weighted by atomic mass is 9.99. The van der Waals surface area contributed by atoms with Crippen LogP contribution < -0.4 is 5.63 Å². The molecule has 3 aromatic carbocycles. The quantitative estimate of drug-likeness (QED) is 0.363. The molecule has 5 rings (SSSR count). The molecule has 0 amide bonds. The highest BCUT2D eigenvalue weighted by Crippen LogP contribution is 2.36. The molecular formula is C27H19NO3. The summed E-state index contributed by atoms with van der Waals surface area (Å²) >= 11 is 0. The van der Waals surface area contributed by atoms with Gasteiger partial charge in [0.2, 0.25) is 0 Å². The van der Waals surface area contributed by atoms with E-state index >= 15 is 0 Å². The fourth-order valence-corrected chi connectivity index (χ4v) is 3.73. The predicted octanol–water partition coefficient (Wildman–Crippen LogP) is 6.20. The average molecular weight is 405 g/mol. The molecule has 4 heteroatoms. The lowest BCUT2D eigenvalue weighted by molar-refractivity contribution is 0.471. The fraction of sp³-hybridized carbons (Fsp3) is 0.0370. The lowest BCUT2D eigenvalue weighted by Gasteiger charge is -2.11. The molecule has 0 fully saturated rings. The number of aromatic nitrogens is 1. The van der Waals surface area contributed by atoms with Crippen LogP contribution in [-0.2, 0) is 0 Å². The molecule has 2 aromatic heterocycles. The average Bonchev–Trinajstić information content (AvgIpc) is 2.80. The van der Waals surface area contributed by atoms with Gasteiger partial charge < -0.3 is 9.52 Å². The van der Waals surface area contributed by atoms with E-state index in [4.69, 9.17) is 9.40 Å². The normalized spacial score (nSPS) is 11.0. The van der Waals surface area contributed by atoms with Crippen molar-refractivity contribution in [2.75, 3.05) is 0 Å². The minimum atomic E-state index is -0.583. The van der Waals surface area contributed by atoms with E-state index in [0.29, 0.717) is 27.9 Å². The summed E-state index contributed by atoms with van der Waals surface area (Å²) in [6.07, 6.45) is 0. The number of hydrogen-bond donors (Lipinski definition) is 1. The Labute approximate surface area is 179 Å². The number of hydrogen-bond acceptors (Lipinski definition) is 4. The van der Waals surface area contributed by atoms with Crippen molar-refractivity contribution < 1.29 is 9.52 Å². The van der Waals surface area contributed by atoms with Gasteiger partial charge in [0.15, 0.2) is 0 Å². The van der Waals surface area contributed by atoms with E-state index in [9.17, 15) is 9.90 Å². The molecule has 0 saturated carbocycles. The Hall–Kier alpha value is -4.18. The molecule has 150 valence electrons. The largest absolute Gasteiger partial charge is 0.506 e. The van der Waals surface area contributed by atoms with E-state index in [1.54, 1.807) is 12.1 Å². The van der Waals surface area contributed by atoms with Gasteiger partial charge in [0.25, 0.3) is 0 Å². The third kappa shape index (κ3) is 3.49. The maximum atomic E-state index is 12.9. The van der Waals surface area contributed by atoms with Crippen molar-refractivity contribution in [1.29, 1.82) is 0 Å². The summed E-state index contributed by atoms with van der Waals surface area (Å²) in [7, 11) is 0. The predicted molar refractivity (Wildman–Crippen MR) is 123 cm³/mol. The smallest absolute Gasteiger partial charge is 0.347 e. The molecule has 0 aliphatic heterocycles. The lowest BCUT2D eigenvalue weighted by Crippen LogP contribution is -2.04. The minimum Gasteiger partial charge on any atom is -0.506 e. The van der Waals surface area contributed by atoms with Crippen LogP contribution >= 0.6 is 0 Å². The van der Waals surface area contributed by atoms with Crippen molar-refractivity contribution in [2.24, 2.45) is 0 Å². The summed E-state index contributed by atoms with van der Waals surface area (Å²) in [5.74, 6) is -0.0875. The fourth-order valence-electron chi connectivity index (χ4n) is 3.73. The van der Waals surface area contributed by atoms with Crippen LogP contribution in [0, 0.1) is 6.92 Å². The summed E-state index contributed by atoms with van der Waals surface area (Å²) in [5, 5.41) is 11.5. The van der Waals surface area contributed by atoms with Crippen LogP contribution in [0.4, 0.5) is 0 Å². The zero-order chi connectivity index (χ0) is 21.4. The molecule has 1 N–H and O–H groups in total. The van der Waals surface area contributed by atoms with Crippen LogP contribution in [0.3, 0.4) is 0 Å². The first kappa shape index (κ1) is 18.8. The van der Waals surface area contributed by atoms with Gasteiger partial charge in [-0.1, -0.05) is 66.7 Å². The summed E-state index contributed by atoms with van der Waals surface area (Å²) in [4.78, 5) is 17.7. The van der Waals surface area contributed by atoms with Gasteiger partial charge in [-0.3, -0.25) is 0 Å². The van der Waals surface area contributed by atoms with Gasteiger partial charge in [0.1, 0.15) is 16.9 Å². The van der Waals surface area contributed by atoms with Gasteiger partial charge in [0, 0.05) is 11.1 Å². The summed E-state index contributed by atoms with van der Waals surface area (Å²) < 4.78 is 5.56. The number of aromatic hydroxyl groups is 1. The molecule has 0 unspecified atom stereocenters. The van der Waals surface area contributed by atoms with Gasteiger partial charge in [-0.2, -0.15) is 0 Å². The molecular weight excluding hydrogens is 386 g/mol. The van der Waals surface area contributed by atoms with Gasteiger partial charge in [-0.15, -0.1) is 0 Å². The van der Waals surface area contributed by atoms with Gasteiger partial charge in [-0.25, -0.2) is 9.78 Å². The first-order valence-corrected chi connectivity index (χ1v) is 10.00. The SMILES string of the molecule is Cc1ccc2c(O)c(-c3cc(-c4ccccc4)nc(-c4ccccc4)c3)c(=O)oc2c1. The second kappa shape index (κ2) is 7.58. The molecule has 0 bridgehead atoms. The Morgan fingerprint density at radius 3 is 1.90 bits per heavy atom. The van der Waals surface area contributed by atoms with Crippen molar-refractivity contribution in [3.8, 4) is 39.4 Å². The van der Waals surface area contributed by atoms with Crippen molar-refractivity contribution >= 4 is 11.0 Å². The van der Waals surface area contributed by atoms with E-state index < -0.39 is 5.63 Å². The van der Waals surface area contributed by atoms with Crippen LogP contribution in [-0.4, -0.2) is 10.1 Å². The second-order valence-electron chi connectivity index (χ2n) is 7.47. The molecule has 0 spiro atoms. The molecule has 5 aromatic rings. The minimum absolute atomic E-state index is 0.0875. The van der Waals surface area contributed by atoms with Crippen molar-refractivity contribution in [2.45, 2.75) is 6.92 Å². The highest BCUT2D eigenvalue weighted by Gasteiger charge is 2.18. The van der Waals surface area contributed by atoms with E-state index in [1.807, 2.05) is 85.8 Å². The molecule has 0 radical (unpaired) electrons. The zero-order valence-electron chi connectivity index (χ0n) is 16.9. The van der Waals surface area contributed by atoms with Crippen molar-refractivity contribution in [3.05, 3.63) is 107 Å². The molecule has 0 aliphatic rings. The maximum Gasteiger partial charge on any atom is 0.347 e. The van der Waals surface area contributed by atoms with E-state index in [-0.39, 0.29) is 11.3 Å². The Balaban J connectivity index is 1.80. The van der Waals surface area contributed by atoms with Crippen molar-refractivity contribution in [1.82, 2.24) is 4.98 Å². The molecule has 0 atom stereocenters. The number of aryl methyl sites for hydroxylation is 1. The Bertz CT molecular complexity index is 1400. The van der Waals surface area contributed by atoms with E-state index in [2.05, 4.69) is 0 Å². The number of benzene rings is 3. The zero-order valence-corrected chi connectivity index (χ0v) is 16.9. The molecule has 4 nitrogen and oxygen atoms in total. The monoisotopic (exact) mass is 405 g/mol. The third-order valence-corrected chi connectivity index (χ3v) is 5.29. The number of nitrogens with zero attached hydrogens (tertiary/aromatic N) is 1. The summed E-state index contributed by atoms with van der Waals surface area (Å²) in [6.45, 7) is 1.91. The van der Waals surface area contributed by atoms with Crippen LogP contribution in [0.15, 0.2) is 100 Å². The topological polar surface area (TPSA) is 63.3 Å². The van der Waals surface area contributed by atoms with Crippen molar-refractivity contribution in [3.63, 3.8) is 0 Å². The van der Waals surface area contributed by atoms with Crippen LogP contribution in [0.1, 0.15) is 5.56 Å². The number of rotatable bonds is 3. The Morgan fingerprint density at radius 1 is 0.742 bits per heavy atom. The van der Waals surface area contributed by atoms with Gasteiger partial charge >= 0.3 is 5.63 Å². The van der Waals surface area contributed by atoms with E-state index in [1.165, 1.54) is 0 Å². The highest BCUT2D eigenvalue weighted by atomic mass is 16.4. The maximum absolute atomic E-state index is 12.9. The first-order valence-electron chi connectivity index (χ1n) is 10.00. The first-order chi connectivity index (χ1) is 15.1. The Morgan fingerprint density at radius 2 is 1.32 bits per heavy atom. The molecule has 2 heterocycles. The molecule has 0 aliphatic carbocycles. The highest BCUT2D eigenvalue weighted by molar-refractivity contribution is 5.91. The van der Waals surface area contributed by atoms with E-state index in [0.717, 1.165) is 16.7 Å². The standard InChI is InChI=1S/C27H19NO3/c1-17-12-13-21-24(14-17)31-27(30)25(26(21)29)20-15-22(18-8-4-2-5-9-18)28-23(16-20)19-10-6-3-7-11-19/h2-16,29H,1H3. The Kier molecular flexibility index (Phi) is 4.60.